The van der Waals surface area contributed by atoms with E-state index in [0.29, 0.717) is 6.42 Å². The summed E-state index contributed by atoms with van der Waals surface area (Å²) in [4.78, 5) is 20.1. The first kappa shape index (κ1) is 23.7. The summed E-state index contributed by atoms with van der Waals surface area (Å²) in [6, 6.07) is 12.4. The first-order valence-electron chi connectivity index (χ1n) is 9.88. The fourth-order valence-electron chi connectivity index (χ4n) is 3.45. The van der Waals surface area contributed by atoms with Crippen LogP contribution in [0.2, 0.25) is 0 Å². The molecule has 3 rings (SSSR count). The number of aliphatic imine (C=N–C) groups is 1. The molecule has 2 N–H and O–H groups in total. The number of nitrogens with zero attached hydrogens (tertiary/aromatic N) is 2. The van der Waals surface area contributed by atoms with Crippen LogP contribution in [-0.2, 0) is 16.6 Å². The number of carbonyl (C=O) groups is 1. The van der Waals surface area contributed by atoms with Gasteiger partial charge < -0.3 is 15.5 Å². The van der Waals surface area contributed by atoms with Gasteiger partial charge in [-0.1, -0.05) is 38.1 Å². The van der Waals surface area contributed by atoms with Crippen LogP contribution in [0.4, 0.5) is 5.69 Å². The Labute approximate surface area is 195 Å². The number of benzene rings is 1. The van der Waals surface area contributed by atoms with Crippen LogP contribution in [-0.4, -0.2) is 38.5 Å². The van der Waals surface area contributed by atoms with Crippen molar-refractivity contribution in [1.29, 1.82) is 0 Å². The topological polar surface area (TPSA) is 56.7 Å². The Kier molecular flexibility index (Phi) is 8.95. The summed E-state index contributed by atoms with van der Waals surface area (Å²) in [6.07, 6.45) is 2.28. The molecule has 0 aliphatic carbocycles. The van der Waals surface area contributed by atoms with Crippen LogP contribution in [0, 0.1) is 0 Å². The molecule has 0 atom stereocenters. The SMILES string of the molecule is CN=C(NCCCC(=O)N1CCc2ccccc21)NCC(C)(C)c1cccs1.I. The average molecular weight is 526 g/mol. The molecular weight excluding hydrogens is 495 g/mol. The highest BCUT2D eigenvalue weighted by Gasteiger charge is 2.24. The number of thiophene rings is 1. The number of carbonyl (C=O) groups excluding carboxylic acids is 1. The Morgan fingerprint density at radius 3 is 2.72 bits per heavy atom. The summed E-state index contributed by atoms with van der Waals surface area (Å²) in [5, 5.41) is 8.84. The van der Waals surface area contributed by atoms with Crippen molar-refractivity contribution >= 4 is 52.9 Å². The standard InChI is InChI=1S/C22H30N4OS.HI/c1-22(2,19-10-7-15-28-19)16-25-21(23-3)24-13-6-11-20(27)26-14-12-17-8-4-5-9-18(17)26;/h4-5,7-10,15H,6,11-14,16H2,1-3H3,(H2,23,24,25);1H. The number of hydrogen-bond acceptors (Lipinski definition) is 3. The zero-order valence-electron chi connectivity index (χ0n) is 17.4. The highest BCUT2D eigenvalue weighted by Crippen LogP contribution is 2.28. The third kappa shape index (κ3) is 6.18. The van der Waals surface area contributed by atoms with E-state index in [9.17, 15) is 4.79 Å². The van der Waals surface area contributed by atoms with Crippen LogP contribution >= 0.6 is 35.3 Å². The number of para-hydroxylation sites is 1. The third-order valence-electron chi connectivity index (χ3n) is 5.16. The van der Waals surface area contributed by atoms with Crippen molar-refractivity contribution in [2.75, 3.05) is 31.6 Å². The van der Waals surface area contributed by atoms with Crippen LogP contribution < -0.4 is 15.5 Å². The van der Waals surface area contributed by atoms with Gasteiger partial charge in [0, 0.05) is 49.1 Å². The number of fused-ring (bicyclic) bond motifs is 1. The molecule has 1 amide bonds. The van der Waals surface area contributed by atoms with Crippen molar-refractivity contribution in [3.63, 3.8) is 0 Å². The van der Waals surface area contributed by atoms with Gasteiger partial charge in [-0.2, -0.15) is 0 Å². The lowest BCUT2D eigenvalue weighted by Crippen LogP contribution is -2.43. The molecule has 1 aliphatic heterocycles. The van der Waals surface area contributed by atoms with E-state index >= 15 is 0 Å². The fraction of sp³-hybridized carbons (Fsp3) is 0.455. The maximum atomic E-state index is 12.6. The summed E-state index contributed by atoms with van der Waals surface area (Å²) >= 11 is 1.78. The van der Waals surface area contributed by atoms with E-state index < -0.39 is 0 Å². The minimum absolute atomic E-state index is 0. The number of halogens is 1. The lowest BCUT2D eigenvalue weighted by atomic mass is 9.91. The van der Waals surface area contributed by atoms with Gasteiger partial charge in [-0.3, -0.25) is 9.79 Å². The molecule has 29 heavy (non-hydrogen) atoms. The zero-order chi connectivity index (χ0) is 20.0. The van der Waals surface area contributed by atoms with Crippen molar-refractivity contribution in [3.8, 4) is 0 Å². The van der Waals surface area contributed by atoms with Crippen LogP contribution in [0.3, 0.4) is 0 Å². The molecular formula is C22H31IN4OS. The number of nitrogens with one attached hydrogen (secondary N) is 2. The molecule has 0 fully saturated rings. The van der Waals surface area contributed by atoms with Gasteiger partial charge in [-0.25, -0.2) is 0 Å². The molecule has 1 aliphatic rings. The van der Waals surface area contributed by atoms with Crippen molar-refractivity contribution in [1.82, 2.24) is 10.6 Å². The predicted molar refractivity (Wildman–Crippen MR) is 134 cm³/mol. The van der Waals surface area contributed by atoms with Gasteiger partial charge in [-0.05, 0) is 35.9 Å². The Morgan fingerprint density at radius 2 is 2.00 bits per heavy atom. The van der Waals surface area contributed by atoms with Crippen molar-refractivity contribution in [2.24, 2.45) is 4.99 Å². The van der Waals surface area contributed by atoms with Crippen molar-refractivity contribution in [2.45, 2.75) is 38.5 Å². The van der Waals surface area contributed by atoms with Gasteiger partial charge in [0.15, 0.2) is 5.96 Å². The van der Waals surface area contributed by atoms with E-state index in [-0.39, 0.29) is 35.3 Å². The Morgan fingerprint density at radius 1 is 1.21 bits per heavy atom. The fourth-order valence-corrected chi connectivity index (χ4v) is 4.31. The normalized spacial score (nSPS) is 13.6. The van der Waals surface area contributed by atoms with Gasteiger partial charge in [0.2, 0.25) is 5.91 Å². The number of anilines is 1. The predicted octanol–water partition coefficient (Wildman–Crippen LogP) is 4.18. The van der Waals surface area contributed by atoms with Crippen molar-refractivity contribution < 1.29 is 4.79 Å². The Hall–Kier alpha value is -1.61. The van der Waals surface area contributed by atoms with E-state index in [1.807, 2.05) is 23.1 Å². The quantitative estimate of drug-likeness (QED) is 0.247. The number of hydrogen-bond donors (Lipinski definition) is 2. The van der Waals surface area contributed by atoms with Gasteiger partial charge >= 0.3 is 0 Å². The minimum Gasteiger partial charge on any atom is -0.356 e. The molecule has 0 saturated heterocycles. The second-order valence-corrected chi connectivity index (χ2v) is 8.69. The van der Waals surface area contributed by atoms with Crippen LogP contribution in [0.5, 0.6) is 0 Å². The number of guanidine groups is 1. The summed E-state index contributed by atoms with van der Waals surface area (Å²) in [5.41, 5.74) is 2.39. The second-order valence-electron chi connectivity index (χ2n) is 7.74. The van der Waals surface area contributed by atoms with Gasteiger partial charge in [0.1, 0.15) is 0 Å². The molecule has 2 heterocycles. The lowest BCUT2D eigenvalue weighted by molar-refractivity contribution is -0.118. The van der Waals surface area contributed by atoms with E-state index in [2.05, 4.69) is 53.1 Å². The maximum Gasteiger partial charge on any atom is 0.227 e. The van der Waals surface area contributed by atoms with Crippen LogP contribution in [0.15, 0.2) is 46.8 Å². The third-order valence-corrected chi connectivity index (χ3v) is 6.39. The van der Waals surface area contributed by atoms with Crippen LogP contribution in [0.1, 0.15) is 37.1 Å². The molecule has 7 heteroatoms. The monoisotopic (exact) mass is 526 g/mol. The maximum absolute atomic E-state index is 12.6. The van der Waals surface area contributed by atoms with E-state index in [0.717, 1.165) is 44.1 Å². The molecule has 0 unspecified atom stereocenters. The van der Waals surface area contributed by atoms with Gasteiger partial charge in [0.05, 0.1) is 0 Å². The summed E-state index contributed by atoms with van der Waals surface area (Å²) in [7, 11) is 1.78. The molecule has 5 nitrogen and oxygen atoms in total. The summed E-state index contributed by atoms with van der Waals surface area (Å²) in [5.74, 6) is 0.983. The molecule has 0 saturated carbocycles. The first-order valence-corrected chi connectivity index (χ1v) is 10.8. The second kappa shape index (κ2) is 11.0. The highest BCUT2D eigenvalue weighted by molar-refractivity contribution is 14.0. The van der Waals surface area contributed by atoms with E-state index in [1.54, 1.807) is 18.4 Å². The molecule has 1 aromatic heterocycles. The summed E-state index contributed by atoms with van der Waals surface area (Å²) < 4.78 is 0. The lowest BCUT2D eigenvalue weighted by Gasteiger charge is -2.25. The summed E-state index contributed by atoms with van der Waals surface area (Å²) in [6.45, 7) is 6.78. The molecule has 0 bridgehead atoms. The molecule has 158 valence electrons. The van der Waals surface area contributed by atoms with E-state index in [4.69, 9.17) is 0 Å². The Balaban J connectivity index is 0.00000300. The molecule has 0 spiro atoms. The average Bonchev–Trinajstić information content (AvgIpc) is 3.37. The first-order chi connectivity index (χ1) is 13.5. The minimum atomic E-state index is 0. The van der Waals surface area contributed by atoms with Crippen molar-refractivity contribution in [3.05, 3.63) is 52.2 Å². The highest BCUT2D eigenvalue weighted by atomic mass is 127. The van der Waals surface area contributed by atoms with E-state index in [1.165, 1.54) is 10.4 Å². The molecule has 2 aromatic rings. The van der Waals surface area contributed by atoms with Gasteiger partial charge in [-0.15, -0.1) is 35.3 Å². The number of amides is 1. The Bertz CT molecular complexity index is 820. The zero-order valence-corrected chi connectivity index (χ0v) is 20.6. The smallest absolute Gasteiger partial charge is 0.227 e. The molecule has 0 radical (unpaired) electrons. The molecule has 1 aromatic carbocycles. The number of rotatable bonds is 7. The van der Waals surface area contributed by atoms with Gasteiger partial charge in [0.25, 0.3) is 0 Å². The largest absolute Gasteiger partial charge is 0.356 e. The van der Waals surface area contributed by atoms with Crippen LogP contribution in [0.25, 0.3) is 0 Å².